The Morgan fingerprint density at radius 2 is 2.14 bits per heavy atom. The summed E-state index contributed by atoms with van der Waals surface area (Å²) in [7, 11) is 1.65. The Kier molecular flexibility index (Phi) is 8.04. The molecule has 1 aliphatic carbocycles. The van der Waals surface area contributed by atoms with E-state index in [9.17, 15) is 19.1 Å². The molecular formula is C28H34FN3O4. The highest BCUT2D eigenvalue weighted by Gasteiger charge is 2.35. The Hall–Kier alpha value is -3.26. The largest absolute Gasteiger partial charge is 0.472 e. The third kappa shape index (κ3) is 5.59. The van der Waals surface area contributed by atoms with E-state index >= 15 is 0 Å². The molecule has 4 rings (SSSR count). The summed E-state index contributed by atoms with van der Waals surface area (Å²) in [4.78, 5) is 34.3. The van der Waals surface area contributed by atoms with Gasteiger partial charge in [-0.15, -0.1) is 0 Å². The Morgan fingerprint density at radius 3 is 2.83 bits per heavy atom. The van der Waals surface area contributed by atoms with E-state index in [1.54, 1.807) is 24.2 Å². The summed E-state index contributed by atoms with van der Waals surface area (Å²) in [6.07, 6.45) is 7.69. The lowest BCUT2D eigenvalue weighted by atomic mass is 9.93. The third-order valence-corrected chi connectivity index (χ3v) is 7.05. The van der Waals surface area contributed by atoms with E-state index in [-0.39, 0.29) is 42.3 Å². The first-order valence-corrected chi connectivity index (χ1v) is 12.6. The van der Waals surface area contributed by atoms with Crippen molar-refractivity contribution < 1.29 is 23.8 Å². The second kappa shape index (κ2) is 11.2. The minimum Gasteiger partial charge on any atom is -0.472 e. The van der Waals surface area contributed by atoms with Gasteiger partial charge in [0.25, 0.3) is 11.8 Å². The van der Waals surface area contributed by atoms with Gasteiger partial charge in [0.1, 0.15) is 17.5 Å². The molecule has 1 aromatic carbocycles. The van der Waals surface area contributed by atoms with Crippen LogP contribution in [0.5, 0.6) is 5.88 Å². The normalized spacial score (nSPS) is 21.0. The van der Waals surface area contributed by atoms with Gasteiger partial charge in [-0.25, -0.2) is 9.37 Å². The second-order valence-electron chi connectivity index (χ2n) is 9.87. The number of carbonyl (C=O) groups excluding carboxylic acids is 2. The van der Waals surface area contributed by atoms with Crippen molar-refractivity contribution in [3.63, 3.8) is 0 Å². The molecule has 8 heteroatoms. The number of benzene rings is 1. The van der Waals surface area contributed by atoms with Gasteiger partial charge in [0, 0.05) is 31.3 Å². The SMILES string of the molecule is C[C@@H]1CN([C@H](C)CO)C(=O)c2cc(C3=CCCCC3)cnc2O[C@H]1CN(C)C(=O)c1cccc(F)c1. The average molecular weight is 496 g/mol. The van der Waals surface area contributed by atoms with Crippen molar-refractivity contribution in [3.05, 3.63) is 65.1 Å². The summed E-state index contributed by atoms with van der Waals surface area (Å²) in [6.45, 7) is 4.15. The molecule has 1 aromatic heterocycles. The molecule has 2 heterocycles. The number of aromatic nitrogens is 1. The Morgan fingerprint density at radius 1 is 1.33 bits per heavy atom. The van der Waals surface area contributed by atoms with Crippen LogP contribution < -0.4 is 4.74 Å². The lowest BCUT2D eigenvalue weighted by Crippen LogP contribution is -2.50. The first kappa shape index (κ1) is 25.8. The molecule has 1 aliphatic heterocycles. The number of hydrogen-bond donors (Lipinski definition) is 1. The summed E-state index contributed by atoms with van der Waals surface area (Å²) in [5.41, 5.74) is 2.70. The maximum atomic E-state index is 13.7. The first-order chi connectivity index (χ1) is 17.3. The number of ether oxygens (including phenoxy) is 1. The minimum absolute atomic E-state index is 0.165. The van der Waals surface area contributed by atoms with Gasteiger partial charge in [0.2, 0.25) is 5.88 Å². The Balaban J connectivity index is 1.65. The molecule has 2 aromatic rings. The molecule has 0 saturated heterocycles. The van der Waals surface area contributed by atoms with Crippen molar-refractivity contribution in [1.82, 2.24) is 14.8 Å². The molecule has 0 radical (unpaired) electrons. The molecule has 0 unspecified atom stereocenters. The number of allylic oxidation sites excluding steroid dienone is 2. The quantitative estimate of drug-likeness (QED) is 0.651. The maximum absolute atomic E-state index is 13.7. The maximum Gasteiger partial charge on any atom is 0.259 e. The fraction of sp³-hybridized carbons (Fsp3) is 0.464. The van der Waals surface area contributed by atoms with E-state index in [0.29, 0.717) is 12.1 Å². The number of carbonyl (C=O) groups is 2. The molecule has 0 bridgehead atoms. The molecule has 1 N–H and O–H groups in total. The Bertz CT molecular complexity index is 1150. The van der Waals surface area contributed by atoms with Gasteiger partial charge in [-0.2, -0.15) is 0 Å². The fourth-order valence-electron chi connectivity index (χ4n) is 4.79. The highest BCUT2D eigenvalue weighted by Crippen LogP contribution is 2.32. The van der Waals surface area contributed by atoms with Crippen LogP contribution in [-0.4, -0.2) is 70.6 Å². The number of halogens is 1. The number of fused-ring (bicyclic) bond motifs is 1. The van der Waals surface area contributed by atoms with Gasteiger partial charge < -0.3 is 19.6 Å². The number of aliphatic hydroxyl groups excluding tert-OH is 1. The van der Waals surface area contributed by atoms with E-state index in [4.69, 9.17) is 4.74 Å². The van der Waals surface area contributed by atoms with Gasteiger partial charge in [0.15, 0.2) is 0 Å². The molecule has 36 heavy (non-hydrogen) atoms. The van der Waals surface area contributed by atoms with E-state index in [1.807, 2.05) is 19.9 Å². The standard InChI is InChI=1S/C28H34FN3O4/c1-18-15-32(19(2)17-33)28(35)24-13-22(20-8-5-4-6-9-20)14-30-26(24)36-25(18)16-31(3)27(34)21-10-7-11-23(29)12-21/h7-8,10-14,18-19,25,33H,4-6,9,15-17H2,1-3H3/t18-,19-,25+/m1/s1. The van der Waals surface area contributed by atoms with Crippen molar-refractivity contribution in [2.75, 3.05) is 26.7 Å². The zero-order valence-corrected chi connectivity index (χ0v) is 21.1. The van der Waals surface area contributed by atoms with Gasteiger partial charge in [-0.3, -0.25) is 9.59 Å². The van der Waals surface area contributed by atoms with Crippen molar-refractivity contribution in [3.8, 4) is 5.88 Å². The molecular weight excluding hydrogens is 461 g/mol. The number of aliphatic hydroxyl groups is 1. The molecule has 7 nitrogen and oxygen atoms in total. The van der Waals surface area contributed by atoms with Crippen molar-refractivity contribution in [1.29, 1.82) is 0 Å². The third-order valence-electron chi connectivity index (χ3n) is 7.05. The molecule has 192 valence electrons. The number of nitrogens with zero attached hydrogens (tertiary/aromatic N) is 3. The molecule has 3 atom stereocenters. The van der Waals surface area contributed by atoms with Crippen LogP contribution in [0, 0.1) is 11.7 Å². The topological polar surface area (TPSA) is 83.0 Å². The van der Waals surface area contributed by atoms with Crippen LogP contribution in [0.25, 0.3) is 5.57 Å². The number of amides is 2. The molecule has 2 aliphatic rings. The first-order valence-electron chi connectivity index (χ1n) is 12.6. The number of hydrogen-bond acceptors (Lipinski definition) is 5. The Labute approximate surface area is 211 Å². The highest BCUT2D eigenvalue weighted by atomic mass is 19.1. The monoisotopic (exact) mass is 495 g/mol. The average Bonchev–Trinajstić information content (AvgIpc) is 2.90. The van der Waals surface area contributed by atoms with Gasteiger partial charge >= 0.3 is 0 Å². The molecule has 2 amide bonds. The van der Waals surface area contributed by atoms with Crippen LogP contribution in [0.15, 0.2) is 42.6 Å². The van der Waals surface area contributed by atoms with E-state index in [1.165, 1.54) is 28.7 Å². The highest BCUT2D eigenvalue weighted by molar-refractivity contribution is 5.97. The molecule has 0 saturated carbocycles. The van der Waals surface area contributed by atoms with Crippen LogP contribution in [-0.2, 0) is 0 Å². The fourth-order valence-corrected chi connectivity index (χ4v) is 4.79. The van der Waals surface area contributed by atoms with Gasteiger partial charge in [0.05, 0.1) is 19.2 Å². The van der Waals surface area contributed by atoms with Crippen LogP contribution in [0.1, 0.15) is 65.8 Å². The summed E-state index contributed by atoms with van der Waals surface area (Å²) in [5, 5.41) is 9.86. The van der Waals surface area contributed by atoms with Crippen LogP contribution in [0.2, 0.25) is 0 Å². The smallest absolute Gasteiger partial charge is 0.259 e. The predicted molar refractivity (Wildman–Crippen MR) is 135 cm³/mol. The van der Waals surface area contributed by atoms with Crippen LogP contribution >= 0.6 is 0 Å². The molecule has 0 spiro atoms. The van der Waals surface area contributed by atoms with E-state index in [2.05, 4.69) is 11.1 Å². The summed E-state index contributed by atoms with van der Waals surface area (Å²) >= 11 is 0. The zero-order chi connectivity index (χ0) is 25.8. The predicted octanol–water partition coefficient (Wildman–Crippen LogP) is 4.17. The zero-order valence-electron chi connectivity index (χ0n) is 21.1. The molecule has 0 fully saturated rings. The van der Waals surface area contributed by atoms with E-state index in [0.717, 1.165) is 31.2 Å². The second-order valence-corrected chi connectivity index (χ2v) is 9.87. The minimum atomic E-state index is -0.473. The van der Waals surface area contributed by atoms with E-state index < -0.39 is 18.0 Å². The number of pyridine rings is 1. The van der Waals surface area contributed by atoms with Gasteiger partial charge in [-0.05, 0) is 68.0 Å². The number of likely N-dealkylation sites (N-methyl/N-ethyl adjacent to an activating group) is 1. The lowest BCUT2D eigenvalue weighted by Gasteiger charge is -2.37. The lowest BCUT2D eigenvalue weighted by molar-refractivity contribution is 0.0313. The summed E-state index contributed by atoms with van der Waals surface area (Å²) < 4.78 is 20.0. The summed E-state index contributed by atoms with van der Waals surface area (Å²) in [6, 6.07) is 7.04. The van der Waals surface area contributed by atoms with Crippen LogP contribution in [0.4, 0.5) is 4.39 Å². The van der Waals surface area contributed by atoms with Crippen molar-refractivity contribution in [2.24, 2.45) is 5.92 Å². The summed E-state index contributed by atoms with van der Waals surface area (Å²) in [5.74, 6) is -0.970. The van der Waals surface area contributed by atoms with Gasteiger partial charge in [-0.1, -0.05) is 19.1 Å². The van der Waals surface area contributed by atoms with Crippen molar-refractivity contribution in [2.45, 2.75) is 51.7 Å². The number of rotatable bonds is 6. The van der Waals surface area contributed by atoms with Crippen molar-refractivity contribution >= 4 is 17.4 Å². The van der Waals surface area contributed by atoms with Crippen LogP contribution in [0.3, 0.4) is 0 Å².